The molecule has 116 valence electrons. The van der Waals surface area contributed by atoms with E-state index in [1.807, 2.05) is 24.3 Å². The minimum atomic E-state index is -0.0309. The summed E-state index contributed by atoms with van der Waals surface area (Å²) in [6.45, 7) is 1.53. The lowest BCUT2D eigenvalue weighted by molar-refractivity contribution is -0.121. The summed E-state index contributed by atoms with van der Waals surface area (Å²) in [6.07, 6.45) is 6.05. The summed E-state index contributed by atoms with van der Waals surface area (Å²) in [6, 6.07) is 8.05. The molecule has 1 heterocycles. The first-order valence-electron chi connectivity index (χ1n) is 8.05. The molecule has 0 radical (unpaired) electrons. The predicted octanol–water partition coefficient (Wildman–Crippen LogP) is 3.36. The fourth-order valence-corrected chi connectivity index (χ4v) is 3.37. The topological polar surface area (TPSA) is 62.0 Å². The van der Waals surface area contributed by atoms with Gasteiger partial charge in [-0.1, -0.05) is 37.5 Å². The third-order valence-electron chi connectivity index (χ3n) is 4.47. The van der Waals surface area contributed by atoms with Crippen molar-refractivity contribution in [2.45, 2.75) is 51.5 Å². The van der Waals surface area contributed by atoms with Crippen LogP contribution in [0.15, 0.2) is 24.3 Å². The molecule has 0 atom stereocenters. The van der Waals surface area contributed by atoms with E-state index >= 15 is 0 Å². The summed E-state index contributed by atoms with van der Waals surface area (Å²) < 4.78 is 0. The number of para-hydroxylation sites is 1. The van der Waals surface area contributed by atoms with Crippen molar-refractivity contribution < 1.29 is 9.59 Å². The van der Waals surface area contributed by atoms with E-state index in [4.69, 9.17) is 0 Å². The van der Waals surface area contributed by atoms with E-state index in [1.165, 1.54) is 26.2 Å². The van der Waals surface area contributed by atoms with Gasteiger partial charge in [-0.25, -0.2) is 0 Å². The Labute approximate surface area is 130 Å². The van der Waals surface area contributed by atoms with Crippen LogP contribution in [-0.4, -0.2) is 22.7 Å². The maximum Gasteiger partial charge on any atom is 0.224 e. The molecule has 1 aromatic heterocycles. The van der Waals surface area contributed by atoms with Crippen LogP contribution in [-0.2, 0) is 11.2 Å². The standard InChI is InChI=1S/C18H22N2O2/c1-12(21)18-15(14-9-5-6-10-16(14)20-18)11-17(22)19-13-7-3-2-4-8-13/h5-6,9-10,13,20H,2-4,7-8,11H2,1H3,(H,19,22). The number of aromatic amines is 1. The summed E-state index contributed by atoms with van der Waals surface area (Å²) in [5, 5.41) is 4.09. The molecule has 0 bridgehead atoms. The number of H-pyrrole nitrogens is 1. The van der Waals surface area contributed by atoms with E-state index in [9.17, 15) is 9.59 Å². The van der Waals surface area contributed by atoms with Gasteiger partial charge in [-0.2, -0.15) is 0 Å². The van der Waals surface area contributed by atoms with Crippen LogP contribution in [0.2, 0.25) is 0 Å². The van der Waals surface area contributed by atoms with E-state index in [2.05, 4.69) is 10.3 Å². The molecule has 22 heavy (non-hydrogen) atoms. The van der Waals surface area contributed by atoms with Crippen molar-refractivity contribution in [3.63, 3.8) is 0 Å². The maximum atomic E-state index is 12.4. The molecule has 0 spiro atoms. The first-order chi connectivity index (χ1) is 10.6. The number of hydrogen-bond acceptors (Lipinski definition) is 2. The van der Waals surface area contributed by atoms with Crippen molar-refractivity contribution in [3.05, 3.63) is 35.5 Å². The maximum absolute atomic E-state index is 12.4. The van der Waals surface area contributed by atoms with Crippen molar-refractivity contribution in [2.75, 3.05) is 0 Å². The monoisotopic (exact) mass is 298 g/mol. The average Bonchev–Trinajstić information content (AvgIpc) is 2.87. The van der Waals surface area contributed by atoms with E-state index in [1.54, 1.807) is 0 Å². The molecule has 1 aliphatic carbocycles. The summed E-state index contributed by atoms with van der Waals surface area (Å²) in [5.41, 5.74) is 2.28. The van der Waals surface area contributed by atoms with Crippen LogP contribution in [0, 0.1) is 0 Å². The molecular formula is C18H22N2O2. The third kappa shape index (κ3) is 3.06. The van der Waals surface area contributed by atoms with Crippen molar-refractivity contribution in [3.8, 4) is 0 Å². The Balaban J connectivity index is 1.81. The number of aromatic nitrogens is 1. The summed E-state index contributed by atoms with van der Waals surface area (Å²) in [4.78, 5) is 27.3. The fourth-order valence-electron chi connectivity index (χ4n) is 3.37. The van der Waals surface area contributed by atoms with Crippen molar-refractivity contribution >= 4 is 22.6 Å². The van der Waals surface area contributed by atoms with E-state index < -0.39 is 0 Å². The second-order valence-electron chi connectivity index (χ2n) is 6.16. The number of rotatable bonds is 4. The number of nitrogens with one attached hydrogen (secondary N) is 2. The number of benzene rings is 1. The lowest BCUT2D eigenvalue weighted by Crippen LogP contribution is -2.37. The Bertz CT molecular complexity index is 696. The number of hydrogen-bond donors (Lipinski definition) is 2. The molecule has 1 fully saturated rings. The molecule has 0 unspecified atom stereocenters. The van der Waals surface area contributed by atoms with Gasteiger partial charge < -0.3 is 10.3 Å². The van der Waals surface area contributed by atoms with Gasteiger partial charge in [0.15, 0.2) is 5.78 Å². The summed E-state index contributed by atoms with van der Waals surface area (Å²) in [5.74, 6) is -0.0178. The number of Topliss-reactive ketones (excluding diaryl/α,β-unsaturated/α-hetero) is 1. The number of carbonyl (C=O) groups is 2. The molecular weight excluding hydrogens is 276 g/mol. The van der Waals surface area contributed by atoms with Crippen LogP contribution < -0.4 is 5.32 Å². The highest BCUT2D eigenvalue weighted by Crippen LogP contribution is 2.24. The zero-order valence-electron chi connectivity index (χ0n) is 12.9. The number of amides is 1. The minimum absolute atomic E-state index is 0.0131. The molecule has 1 amide bonds. The first kappa shape index (κ1) is 14.8. The first-order valence-corrected chi connectivity index (χ1v) is 8.05. The van der Waals surface area contributed by atoms with Gasteiger partial charge in [-0.15, -0.1) is 0 Å². The van der Waals surface area contributed by atoms with Gasteiger partial charge >= 0.3 is 0 Å². The number of ketones is 1. The van der Waals surface area contributed by atoms with Crippen LogP contribution in [0.3, 0.4) is 0 Å². The van der Waals surface area contributed by atoms with Crippen LogP contribution in [0.5, 0.6) is 0 Å². The predicted molar refractivity (Wildman–Crippen MR) is 87.0 cm³/mol. The van der Waals surface area contributed by atoms with Crippen molar-refractivity contribution in [1.29, 1.82) is 0 Å². The Morgan fingerprint density at radius 1 is 1.18 bits per heavy atom. The average molecular weight is 298 g/mol. The molecule has 2 N–H and O–H groups in total. The van der Waals surface area contributed by atoms with Gasteiger partial charge in [-0.05, 0) is 24.5 Å². The SMILES string of the molecule is CC(=O)c1[nH]c2ccccc2c1CC(=O)NC1CCCCC1. The Morgan fingerprint density at radius 2 is 1.91 bits per heavy atom. The van der Waals surface area contributed by atoms with E-state index in [0.29, 0.717) is 11.7 Å². The molecule has 4 heteroatoms. The molecule has 4 nitrogen and oxygen atoms in total. The Kier molecular flexibility index (Phi) is 4.27. The Morgan fingerprint density at radius 3 is 2.64 bits per heavy atom. The highest BCUT2D eigenvalue weighted by Gasteiger charge is 2.20. The molecule has 1 aromatic carbocycles. The second kappa shape index (κ2) is 6.34. The largest absolute Gasteiger partial charge is 0.353 e. The molecule has 2 aromatic rings. The lowest BCUT2D eigenvalue weighted by atomic mass is 9.95. The molecule has 0 saturated heterocycles. The van der Waals surface area contributed by atoms with Gasteiger partial charge in [0, 0.05) is 23.9 Å². The zero-order chi connectivity index (χ0) is 15.5. The zero-order valence-corrected chi connectivity index (χ0v) is 12.9. The molecule has 0 aliphatic heterocycles. The van der Waals surface area contributed by atoms with Crippen LogP contribution in [0.1, 0.15) is 55.1 Å². The van der Waals surface area contributed by atoms with Crippen molar-refractivity contribution in [1.82, 2.24) is 10.3 Å². The number of carbonyl (C=O) groups excluding carboxylic acids is 2. The quantitative estimate of drug-likeness (QED) is 0.850. The lowest BCUT2D eigenvalue weighted by Gasteiger charge is -2.22. The van der Waals surface area contributed by atoms with E-state index in [-0.39, 0.29) is 18.1 Å². The van der Waals surface area contributed by atoms with Crippen LogP contribution in [0.4, 0.5) is 0 Å². The van der Waals surface area contributed by atoms with Gasteiger partial charge in [0.05, 0.1) is 12.1 Å². The van der Waals surface area contributed by atoms with E-state index in [0.717, 1.165) is 29.3 Å². The minimum Gasteiger partial charge on any atom is -0.353 e. The summed E-state index contributed by atoms with van der Waals surface area (Å²) >= 11 is 0. The van der Waals surface area contributed by atoms with Crippen molar-refractivity contribution in [2.24, 2.45) is 0 Å². The third-order valence-corrected chi connectivity index (χ3v) is 4.47. The van der Waals surface area contributed by atoms with Gasteiger partial charge in [-0.3, -0.25) is 9.59 Å². The highest BCUT2D eigenvalue weighted by atomic mass is 16.1. The van der Waals surface area contributed by atoms with Crippen LogP contribution in [0.25, 0.3) is 10.9 Å². The molecule has 1 aliphatic rings. The van der Waals surface area contributed by atoms with Gasteiger partial charge in [0.2, 0.25) is 5.91 Å². The molecule has 3 rings (SSSR count). The molecule has 1 saturated carbocycles. The van der Waals surface area contributed by atoms with Gasteiger partial charge in [0.25, 0.3) is 0 Å². The Hall–Kier alpha value is -2.10. The van der Waals surface area contributed by atoms with Gasteiger partial charge in [0.1, 0.15) is 0 Å². The van der Waals surface area contributed by atoms with Crippen LogP contribution >= 0.6 is 0 Å². The fraction of sp³-hybridized carbons (Fsp3) is 0.444. The summed E-state index contributed by atoms with van der Waals surface area (Å²) in [7, 11) is 0. The normalized spacial score (nSPS) is 15.9. The number of fused-ring (bicyclic) bond motifs is 1. The second-order valence-corrected chi connectivity index (χ2v) is 6.16. The highest BCUT2D eigenvalue weighted by molar-refractivity contribution is 6.02. The smallest absolute Gasteiger partial charge is 0.224 e.